The molecule has 0 bridgehead atoms. The standard InChI is InChI=1S/C20H22N2O3/c1-20(2)17(16(21-18(20)23)15-11-7-4-8-12-15)22-19(24)25-13-14-9-5-3-6-10-14/h3-12,16-17H,13H2,1-2H3,(H,21,23)(H,22,24)/t16?,17-/m1/s1. The number of benzene rings is 2. The van der Waals surface area contributed by atoms with Crippen molar-refractivity contribution in [3.8, 4) is 0 Å². The summed E-state index contributed by atoms with van der Waals surface area (Å²) in [5, 5.41) is 5.85. The zero-order valence-electron chi connectivity index (χ0n) is 14.4. The second-order valence-electron chi connectivity index (χ2n) is 6.77. The van der Waals surface area contributed by atoms with Gasteiger partial charge in [-0.3, -0.25) is 4.79 Å². The molecule has 1 saturated heterocycles. The van der Waals surface area contributed by atoms with Crippen molar-refractivity contribution >= 4 is 12.0 Å². The molecule has 25 heavy (non-hydrogen) atoms. The summed E-state index contributed by atoms with van der Waals surface area (Å²) >= 11 is 0. The Labute approximate surface area is 147 Å². The lowest BCUT2D eigenvalue weighted by atomic mass is 9.82. The van der Waals surface area contributed by atoms with E-state index in [0.717, 1.165) is 11.1 Å². The molecule has 0 aromatic heterocycles. The third-order valence-electron chi connectivity index (χ3n) is 4.63. The highest BCUT2D eigenvalue weighted by atomic mass is 16.5. The summed E-state index contributed by atoms with van der Waals surface area (Å²) in [6.07, 6.45) is -0.528. The van der Waals surface area contributed by atoms with Crippen LogP contribution in [0, 0.1) is 5.41 Å². The summed E-state index contributed by atoms with van der Waals surface area (Å²) in [5.74, 6) is -0.0882. The maximum Gasteiger partial charge on any atom is 0.407 e. The molecule has 1 heterocycles. The second kappa shape index (κ2) is 6.97. The number of hydrogen-bond donors (Lipinski definition) is 2. The molecule has 0 saturated carbocycles. The molecule has 1 fully saturated rings. The van der Waals surface area contributed by atoms with E-state index in [1.54, 1.807) is 0 Å². The van der Waals surface area contributed by atoms with Gasteiger partial charge < -0.3 is 15.4 Å². The Morgan fingerprint density at radius 3 is 2.32 bits per heavy atom. The van der Waals surface area contributed by atoms with Crippen molar-refractivity contribution in [2.24, 2.45) is 5.41 Å². The zero-order chi connectivity index (χ0) is 17.9. The van der Waals surface area contributed by atoms with E-state index in [2.05, 4.69) is 10.6 Å². The van der Waals surface area contributed by atoms with Crippen molar-refractivity contribution in [1.82, 2.24) is 10.6 Å². The molecule has 5 nitrogen and oxygen atoms in total. The molecule has 0 radical (unpaired) electrons. The lowest BCUT2D eigenvalue weighted by molar-refractivity contribution is -0.126. The Balaban J connectivity index is 1.71. The van der Waals surface area contributed by atoms with Gasteiger partial charge in [-0.25, -0.2) is 4.79 Å². The van der Waals surface area contributed by atoms with Crippen molar-refractivity contribution in [1.29, 1.82) is 0 Å². The lowest BCUT2D eigenvalue weighted by Crippen LogP contribution is -2.46. The van der Waals surface area contributed by atoms with E-state index < -0.39 is 17.6 Å². The molecule has 5 heteroatoms. The van der Waals surface area contributed by atoms with Crippen LogP contribution in [-0.4, -0.2) is 18.0 Å². The minimum atomic E-state index is -0.730. The van der Waals surface area contributed by atoms with Crippen molar-refractivity contribution < 1.29 is 14.3 Å². The molecule has 1 aliphatic heterocycles. The van der Waals surface area contributed by atoms with Gasteiger partial charge in [0.2, 0.25) is 5.91 Å². The highest BCUT2D eigenvalue weighted by Crippen LogP contribution is 2.37. The van der Waals surface area contributed by atoms with Crippen LogP contribution in [0.2, 0.25) is 0 Å². The van der Waals surface area contributed by atoms with Crippen molar-refractivity contribution in [2.45, 2.75) is 32.5 Å². The van der Waals surface area contributed by atoms with Crippen LogP contribution in [0.5, 0.6) is 0 Å². The maximum absolute atomic E-state index is 12.3. The number of rotatable bonds is 4. The second-order valence-corrected chi connectivity index (χ2v) is 6.77. The first kappa shape index (κ1) is 17.0. The highest BCUT2D eigenvalue weighted by Gasteiger charge is 2.50. The largest absolute Gasteiger partial charge is 0.445 e. The Morgan fingerprint density at radius 1 is 1.08 bits per heavy atom. The Bertz CT molecular complexity index is 744. The fraction of sp³-hybridized carbons (Fsp3) is 0.300. The third-order valence-corrected chi connectivity index (χ3v) is 4.63. The predicted octanol–water partition coefficient (Wildman–Crippen LogP) is 3.18. The van der Waals surface area contributed by atoms with Gasteiger partial charge in [0.1, 0.15) is 6.61 Å². The van der Waals surface area contributed by atoms with Crippen molar-refractivity contribution in [3.63, 3.8) is 0 Å². The first-order valence-corrected chi connectivity index (χ1v) is 8.31. The van der Waals surface area contributed by atoms with Gasteiger partial charge in [-0.05, 0) is 25.0 Å². The van der Waals surface area contributed by atoms with Crippen LogP contribution in [0.4, 0.5) is 4.79 Å². The van der Waals surface area contributed by atoms with Gasteiger partial charge in [0.25, 0.3) is 0 Å². The topological polar surface area (TPSA) is 67.4 Å². The summed E-state index contributed by atoms with van der Waals surface area (Å²) in [5.41, 5.74) is 1.14. The average molecular weight is 338 g/mol. The predicted molar refractivity (Wildman–Crippen MR) is 94.7 cm³/mol. The smallest absolute Gasteiger partial charge is 0.407 e. The molecule has 1 aliphatic rings. The molecular formula is C20H22N2O3. The van der Waals surface area contributed by atoms with E-state index in [-0.39, 0.29) is 18.6 Å². The molecule has 0 aliphatic carbocycles. The van der Waals surface area contributed by atoms with Crippen LogP contribution in [0.3, 0.4) is 0 Å². The van der Waals surface area contributed by atoms with Gasteiger partial charge in [0.05, 0.1) is 17.5 Å². The maximum atomic E-state index is 12.3. The van der Waals surface area contributed by atoms with Gasteiger partial charge >= 0.3 is 6.09 Å². The van der Waals surface area contributed by atoms with Crippen LogP contribution in [0.25, 0.3) is 0 Å². The SMILES string of the molecule is CC1(C)C(=O)NC(c2ccccc2)[C@H]1NC(=O)OCc1ccccc1. The third kappa shape index (κ3) is 3.65. The lowest BCUT2D eigenvalue weighted by Gasteiger charge is -2.28. The molecule has 2 atom stereocenters. The zero-order valence-corrected chi connectivity index (χ0v) is 14.4. The highest BCUT2D eigenvalue weighted by molar-refractivity contribution is 5.87. The number of nitrogens with one attached hydrogen (secondary N) is 2. The van der Waals surface area contributed by atoms with Crippen LogP contribution < -0.4 is 10.6 Å². The van der Waals surface area contributed by atoms with Crippen LogP contribution >= 0.6 is 0 Å². The van der Waals surface area contributed by atoms with E-state index in [4.69, 9.17) is 4.74 Å². The van der Waals surface area contributed by atoms with Crippen molar-refractivity contribution in [2.75, 3.05) is 0 Å². The fourth-order valence-electron chi connectivity index (χ4n) is 3.06. The fourth-order valence-corrected chi connectivity index (χ4v) is 3.06. The monoisotopic (exact) mass is 338 g/mol. The molecule has 2 aromatic rings. The van der Waals surface area contributed by atoms with Gasteiger partial charge in [-0.2, -0.15) is 0 Å². The van der Waals surface area contributed by atoms with Crippen molar-refractivity contribution in [3.05, 3.63) is 71.8 Å². The number of ether oxygens (including phenoxy) is 1. The van der Waals surface area contributed by atoms with Gasteiger partial charge in [-0.1, -0.05) is 60.7 Å². The number of carbonyl (C=O) groups is 2. The Hall–Kier alpha value is -2.82. The molecule has 1 unspecified atom stereocenters. The Kier molecular flexibility index (Phi) is 4.74. The molecule has 0 spiro atoms. The normalized spacial score (nSPS) is 21.4. The van der Waals surface area contributed by atoms with Crippen LogP contribution in [-0.2, 0) is 16.1 Å². The first-order chi connectivity index (χ1) is 12.0. The Morgan fingerprint density at radius 2 is 1.68 bits per heavy atom. The summed E-state index contributed by atoms with van der Waals surface area (Å²) < 4.78 is 5.31. The van der Waals surface area contributed by atoms with Gasteiger partial charge in [0.15, 0.2) is 0 Å². The number of amides is 2. The molecule has 2 aromatic carbocycles. The molecular weight excluding hydrogens is 316 g/mol. The summed E-state index contributed by atoms with van der Waals surface area (Å²) in [4.78, 5) is 24.6. The summed E-state index contributed by atoms with van der Waals surface area (Å²) in [6.45, 7) is 3.85. The average Bonchev–Trinajstić information content (AvgIpc) is 2.85. The van der Waals surface area contributed by atoms with Crippen LogP contribution in [0.15, 0.2) is 60.7 Å². The molecule has 2 N–H and O–H groups in total. The number of alkyl carbamates (subject to hydrolysis) is 1. The quantitative estimate of drug-likeness (QED) is 0.900. The van der Waals surface area contributed by atoms with E-state index in [0.29, 0.717) is 0 Å². The van der Waals surface area contributed by atoms with Gasteiger partial charge in [0, 0.05) is 0 Å². The number of hydrogen-bond acceptors (Lipinski definition) is 3. The van der Waals surface area contributed by atoms with E-state index >= 15 is 0 Å². The van der Waals surface area contributed by atoms with E-state index in [1.165, 1.54) is 0 Å². The minimum Gasteiger partial charge on any atom is -0.445 e. The molecule has 3 rings (SSSR count). The molecule has 2 amide bonds. The first-order valence-electron chi connectivity index (χ1n) is 8.31. The van der Waals surface area contributed by atoms with E-state index in [9.17, 15) is 9.59 Å². The number of carbonyl (C=O) groups excluding carboxylic acids is 2. The minimum absolute atomic E-state index is 0.0882. The summed E-state index contributed by atoms with van der Waals surface area (Å²) in [6, 6.07) is 18.4. The van der Waals surface area contributed by atoms with Gasteiger partial charge in [-0.15, -0.1) is 0 Å². The van der Waals surface area contributed by atoms with E-state index in [1.807, 2.05) is 74.5 Å². The molecule has 130 valence electrons. The summed E-state index contributed by atoms with van der Waals surface area (Å²) in [7, 11) is 0. The van der Waals surface area contributed by atoms with Crippen LogP contribution in [0.1, 0.15) is 31.0 Å².